The maximum absolute atomic E-state index is 11.1. The van der Waals surface area contributed by atoms with Gasteiger partial charge in [0.1, 0.15) is 6.29 Å². The average molecular weight is 171 g/mol. The van der Waals surface area contributed by atoms with E-state index in [1.807, 2.05) is 5.43 Å². The highest BCUT2D eigenvalue weighted by atomic mass is 16.2. The molecule has 0 spiro atoms. The van der Waals surface area contributed by atoms with E-state index in [0.717, 1.165) is 25.7 Å². The van der Waals surface area contributed by atoms with Gasteiger partial charge in [-0.2, -0.15) is 0 Å². The summed E-state index contributed by atoms with van der Waals surface area (Å²) in [5, 5.41) is 2.95. The van der Waals surface area contributed by atoms with Crippen LogP contribution in [-0.4, -0.2) is 24.8 Å². The molecule has 4 N–H and O–H groups in total. The fraction of sp³-hybridized carbons (Fsp3) is 0.714. The molecule has 2 atom stereocenters. The second kappa shape index (κ2) is 4.18. The van der Waals surface area contributed by atoms with Crippen LogP contribution in [0.5, 0.6) is 0 Å². The number of hydrazine groups is 1. The van der Waals surface area contributed by atoms with Crippen molar-refractivity contribution in [1.29, 1.82) is 0 Å². The summed E-state index contributed by atoms with van der Waals surface area (Å²) in [4.78, 5) is 21.6. The molecule has 0 saturated carbocycles. The van der Waals surface area contributed by atoms with Gasteiger partial charge < -0.3 is 10.1 Å². The Morgan fingerprint density at radius 1 is 1.67 bits per heavy atom. The van der Waals surface area contributed by atoms with E-state index in [0.29, 0.717) is 0 Å². The summed E-state index contributed by atoms with van der Waals surface area (Å²) in [7, 11) is 0. The van der Waals surface area contributed by atoms with Crippen molar-refractivity contribution in [2.45, 2.75) is 18.9 Å². The Balaban J connectivity index is 2.58. The number of nitrogens with one attached hydrogen (secondary N) is 2. The summed E-state index contributed by atoms with van der Waals surface area (Å²) in [5.74, 6) is 4.42. The number of carbonyl (C=O) groups is 2. The average Bonchev–Trinajstić information content (AvgIpc) is 2.16. The van der Waals surface area contributed by atoms with Crippen molar-refractivity contribution in [3.05, 3.63) is 0 Å². The molecule has 0 bridgehead atoms. The zero-order chi connectivity index (χ0) is 8.97. The van der Waals surface area contributed by atoms with Gasteiger partial charge in [-0.15, -0.1) is 0 Å². The van der Waals surface area contributed by atoms with Crippen LogP contribution in [0.1, 0.15) is 12.8 Å². The van der Waals surface area contributed by atoms with Crippen molar-refractivity contribution >= 4 is 12.2 Å². The van der Waals surface area contributed by atoms with Crippen LogP contribution in [0.3, 0.4) is 0 Å². The van der Waals surface area contributed by atoms with Gasteiger partial charge in [-0.1, -0.05) is 0 Å². The molecule has 0 aromatic heterocycles. The van der Waals surface area contributed by atoms with Crippen LogP contribution in [0.15, 0.2) is 0 Å². The van der Waals surface area contributed by atoms with Crippen LogP contribution in [0, 0.1) is 5.92 Å². The normalized spacial score (nSPS) is 29.4. The van der Waals surface area contributed by atoms with E-state index in [-0.39, 0.29) is 11.8 Å². The van der Waals surface area contributed by atoms with Crippen molar-refractivity contribution in [1.82, 2.24) is 10.7 Å². The van der Waals surface area contributed by atoms with Crippen LogP contribution in [0.4, 0.5) is 0 Å². The third kappa shape index (κ3) is 1.80. The quantitative estimate of drug-likeness (QED) is 0.205. The molecule has 5 nitrogen and oxygen atoms in total. The molecule has 5 heteroatoms. The number of aldehydes is 1. The minimum absolute atomic E-state index is 0.234. The number of rotatable bonds is 2. The molecule has 0 aliphatic carbocycles. The molecule has 2 unspecified atom stereocenters. The predicted molar refractivity (Wildman–Crippen MR) is 42.9 cm³/mol. The lowest BCUT2D eigenvalue weighted by molar-refractivity contribution is -0.128. The molecule has 0 radical (unpaired) electrons. The molecule has 1 fully saturated rings. The summed E-state index contributed by atoms with van der Waals surface area (Å²) in [6, 6.07) is -0.443. The maximum atomic E-state index is 11.1. The van der Waals surface area contributed by atoms with Gasteiger partial charge in [-0.05, 0) is 19.4 Å². The second-order valence-corrected chi connectivity index (χ2v) is 2.88. The van der Waals surface area contributed by atoms with E-state index in [9.17, 15) is 9.59 Å². The summed E-state index contributed by atoms with van der Waals surface area (Å²) in [6.45, 7) is 0.766. The minimum atomic E-state index is -0.443. The molecule has 12 heavy (non-hydrogen) atoms. The van der Waals surface area contributed by atoms with E-state index >= 15 is 0 Å². The fourth-order valence-corrected chi connectivity index (χ4v) is 1.44. The zero-order valence-corrected chi connectivity index (χ0v) is 6.75. The number of hydrogen-bond acceptors (Lipinski definition) is 4. The monoisotopic (exact) mass is 171 g/mol. The van der Waals surface area contributed by atoms with Crippen molar-refractivity contribution in [2.75, 3.05) is 6.54 Å². The first kappa shape index (κ1) is 9.15. The molecule has 1 heterocycles. The summed E-state index contributed by atoms with van der Waals surface area (Å²) < 4.78 is 0. The van der Waals surface area contributed by atoms with Crippen molar-refractivity contribution in [3.8, 4) is 0 Å². The van der Waals surface area contributed by atoms with E-state index < -0.39 is 6.04 Å². The topological polar surface area (TPSA) is 84.2 Å². The van der Waals surface area contributed by atoms with E-state index in [1.54, 1.807) is 0 Å². The highest BCUT2D eigenvalue weighted by Crippen LogP contribution is 2.13. The third-order valence-corrected chi connectivity index (χ3v) is 2.11. The van der Waals surface area contributed by atoms with Gasteiger partial charge in [0.25, 0.3) is 5.91 Å². The number of piperidine rings is 1. The molecule has 1 amide bonds. The Hall–Kier alpha value is -0.940. The van der Waals surface area contributed by atoms with Gasteiger partial charge in [-0.3, -0.25) is 10.2 Å². The zero-order valence-electron chi connectivity index (χ0n) is 6.75. The molecular weight excluding hydrogens is 158 g/mol. The first-order valence-corrected chi connectivity index (χ1v) is 3.98. The molecule has 1 rings (SSSR count). The fourth-order valence-electron chi connectivity index (χ4n) is 1.44. The van der Waals surface area contributed by atoms with Crippen LogP contribution in [-0.2, 0) is 9.59 Å². The lowest BCUT2D eigenvalue weighted by Crippen LogP contribution is -2.53. The van der Waals surface area contributed by atoms with Crippen LogP contribution in [0.2, 0.25) is 0 Å². The molecule has 0 aromatic rings. The molecular formula is C7H13N3O2. The number of hydrogen-bond donors (Lipinski definition) is 3. The van der Waals surface area contributed by atoms with Gasteiger partial charge in [-0.25, -0.2) is 5.84 Å². The smallest absolute Gasteiger partial charge is 0.251 e. The lowest BCUT2D eigenvalue weighted by atomic mass is 9.92. The second-order valence-electron chi connectivity index (χ2n) is 2.88. The van der Waals surface area contributed by atoms with Crippen LogP contribution in [0.25, 0.3) is 0 Å². The van der Waals surface area contributed by atoms with Gasteiger partial charge in [0.2, 0.25) is 0 Å². The molecule has 68 valence electrons. The van der Waals surface area contributed by atoms with Crippen LogP contribution >= 0.6 is 0 Å². The van der Waals surface area contributed by atoms with Gasteiger partial charge >= 0.3 is 0 Å². The Labute approximate surface area is 70.7 Å². The minimum Gasteiger partial charge on any atom is -0.305 e. The Morgan fingerprint density at radius 3 is 3.00 bits per heavy atom. The van der Waals surface area contributed by atoms with Gasteiger partial charge in [0.05, 0.1) is 6.04 Å². The number of nitrogens with two attached hydrogens (primary N) is 1. The number of carbonyl (C=O) groups excluding carboxylic acids is 2. The SMILES string of the molecule is NNC(=O)C1NCCCC1C=O. The van der Waals surface area contributed by atoms with Gasteiger partial charge in [0.15, 0.2) is 0 Å². The third-order valence-electron chi connectivity index (χ3n) is 2.11. The standard InChI is InChI=1S/C7H13N3O2/c8-10-7(12)6-5(4-11)2-1-3-9-6/h4-6,9H,1-3,8H2,(H,10,12). The Morgan fingerprint density at radius 2 is 2.42 bits per heavy atom. The highest BCUT2D eigenvalue weighted by Gasteiger charge is 2.29. The predicted octanol–water partition coefficient (Wildman–Crippen LogP) is -1.46. The first-order chi connectivity index (χ1) is 5.79. The van der Waals surface area contributed by atoms with Crippen LogP contribution < -0.4 is 16.6 Å². The Bertz CT molecular complexity index is 183. The molecule has 1 saturated heterocycles. The first-order valence-electron chi connectivity index (χ1n) is 3.98. The van der Waals surface area contributed by atoms with Gasteiger partial charge in [0, 0.05) is 5.92 Å². The summed E-state index contributed by atoms with van der Waals surface area (Å²) >= 11 is 0. The lowest BCUT2D eigenvalue weighted by Gasteiger charge is -2.27. The Kier molecular flexibility index (Phi) is 3.19. The molecule has 1 aliphatic heterocycles. The van der Waals surface area contributed by atoms with Crippen molar-refractivity contribution in [3.63, 3.8) is 0 Å². The van der Waals surface area contributed by atoms with E-state index in [2.05, 4.69) is 5.32 Å². The van der Waals surface area contributed by atoms with Crippen molar-refractivity contribution < 1.29 is 9.59 Å². The maximum Gasteiger partial charge on any atom is 0.251 e. The summed E-state index contributed by atoms with van der Waals surface area (Å²) in [6.07, 6.45) is 2.50. The van der Waals surface area contributed by atoms with E-state index in [1.165, 1.54) is 0 Å². The molecule has 1 aliphatic rings. The van der Waals surface area contributed by atoms with E-state index in [4.69, 9.17) is 5.84 Å². The highest BCUT2D eigenvalue weighted by molar-refractivity contribution is 5.84. The van der Waals surface area contributed by atoms with Crippen molar-refractivity contribution in [2.24, 2.45) is 11.8 Å². The largest absolute Gasteiger partial charge is 0.305 e. The molecule has 0 aromatic carbocycles. The number of amides is 1. The summed E-state index contributed by atoms with van der Waals surface area (Å²) in [5.41, 5.74) is 2.04.